The van der Waals surface area contributed by atoms with Gasteiger partial charge in [-0.1, -0.05) is 11.8 Å². The molecule has 1 aliphatic heterocycles. The van der Waals surface area contributed by atoms with Gasteiger partial charge in [0.2, 0.25) is 5.91 Å². The van der Waals surface area contributed by atoms with Crippen molar-refractivity contribution in [2.24, 2.45) is 0 Å². The molecule has 0 spiro atoms. The highest BCUT2D eigenvalue weighted by molar-refractivity contribution is 8.00. The molecule has 0 saturated carbocycles. The number of rotatable bonds is 4. The Hall–Kier alpha value is -1.59. The number of fused-ring (bicyclic) bond motifs is 1. The highest BCUT2D eigenvalue weighted by Crippen LogP contribution is 2.34. The first-order valence-corrected chi connectivity index (χ1v) is 11.5. The Kier molecular flexibility index (Phi) is 5.31. The first-order chi connectivity index (χ1) is 12.2. The van der Waals surface area contributed by atoms with Gasteiger partial charge in [0.15, 0.2) is 9.84 Å². The Labute approximate surface area is 158 Å². The van der Waals surface area contributed by atoms with Gasteiger partial charge >= 0.3 is 0 Å². The first-order valence-electron chi connectivity index (χ1n) is 8.79. The van der Waals surface area contributed by atoms with E-state index in [4.69, 9.17) is 0 Å². The Morgan fingerprint density at radius 1 is 1.42 bits per heavy atom. The number of pyridine rings is 1. The van der Waals surface area contributed by atoms with Crippen LogP contribution in [0.25, 0.3) is 0 Å². The summed E-state index contributed by atoms with van der Waals surface area (Å²) in [6.45, 7) is 3.74. The highest BCUT2D eigenvalue weighted by Gasteiger charge is 2.34. The molecule has 2 atom stereocenters. The predicted molar refractivity (Wildman–Crippen MR) is 101 cm³/mol. The summed E-state index contributed by atoms with van der Waals surface area (Å²) in [4.78, 5) is 19.0. The number of amides is 1. The second-order valence-corrected chi connectivity index (χ2v) is 10.6. The van der Waals surface area contributed by atoms with Gasteiger partial charge in [0.1, 0.15) is 11.1 Å². The third-order valence-corrected chi connectivity index (χ3v) is 8.14. The zero-order chi connectivity index (χ0) is 19.1. The standard InChI is InChI=1S/C18H23N3O3S2/c1-11-14-5-4-6-16(14)20-17(15(11)9-19)25-12(2)18(22)21(3)13-7-8-26(23,24)10-13/h12-13H,4-8,10H2,1-3H3/t12-,13-/m1/s1. The number of nitriles is 1. The minimum absolute atomic E-state index is 0.0340. The molecular weight excluding hydrogens is 370 g/mol. The van der Waals surface area contributed by atoms with Gasteiger partial charge in [-0.3, -0.25) is 4.79 Å². The second-order valence-electron chi connectivity index (χ2n) is 7.07. The molecule has 0 N–H and O–H groups in total. The van der Waals surface area contributed by atoms with Gasteiger partial charge in [-0.25, -0.2) is 13.4 Å². The molecule has 0 radical (unpaired) electrons. The molecule has 0 bridgehead atoms. The van der Waals surface area contributed by atoms with E-state index in [1.807, 2.05) is 6.92 Å². The summed E-state index contributed by atoms with van der Waals surface area (Å²) in [7, 11) is -1.37. The van der Waals surface area contributed by atoms with Gasteiger partial charge in [0.05, 0.1) is 22.3 Å². The molecule has 1 fully saturated rings. The summed E-state index contributed by atoms with van der Waals surface area (Å²) in [6.07, 6.45) is 3.41. The summed E-state index contributed by atoms with van der Waals surface area (Å²) >= 11 is 1.30. The number of aromatic nitrogens is 1. The number of hydrogen-bond donors (Lipinski definition) is 0. The van der Waals surface area contributed by atoms with Crippen molar-refractivity contribution in [3.05, 3.63) is 22.4 Å². The van der Waals surface area contributed by atoms with Crippen LogP contribution in [-0.2, 0) is 27.5 Å². The van der Waals surface area contributed by atoms with Crippen LogP contribution in [0.15, 0.2) is 5.03 Å². The van der Waals surface area contributed by atoms with Crippen molar-refractivity contribution in [2.75, 3.05) is 18.6 Å². The number of aryl methyl sites for hydroxylation is 1. The van der Waals surface area contributed by atoms with E-state index in [1.54, 1.807) is 18.9 Å². The molecule has 0 aromatic carbocycles. The Balaban J connectivity index is 1.78. The van der Waals surface area contributed by atoms with Crippen molar-refractivity contribution in [1.82, 2.24) is 9.88 Å². The van der Waals surface area contributed by atoms with Crippen molar-refractivity contribution in [1.29, 1.82) is 5.26 Å². The van der Waals surface area contributed by atoms with E-state index in [-0.39, 0.29) is 23.5 Å². The molecule has 3 rings (SSSR count). The van der Waals surface area contributed by atoms with Crippen LogP contribution in [0.1, 0.15) is 42.1 Å². The molecule has 2 heterocycles. The number of carbonyl (C=O) groups is 1. The van der Waals surface area contributed by atoms with Crippen molar-refractivity contribution in [3.8, 4) is 6.07 Å². The fourth-order valence-electron chi connectivity index (χ4n) is 3.73. The summed E-state index contributed by atoms with van der Waals surface area (Å²) in [5.74, 6) is 0.0497. The first kappa shape index (κ1) is 19.2. The van der Waals surface area contributed by atoms with Crippen molar-refractivity contribution in [3.63, 3.8) is 0 Å². The zero-order valence-electron chi connectivity index (χ0n) is 15.3. The van der Waals surface area contributed by atoms with Crippen LogP contribution in [-0.4, -0.2) is 54.1 Å². The van der Waals surface area contributed by atoms with E-state index in [1.165, 1.54) is 17.3 Å². The monoisotopic (exact) mass is 393 g/mol. The van der Waals surface area contributed by atoms with Crippen LogP contribution >= 0.6 is 11.8 Å². The number of hydrogen-bond acceptors (Lipinski definition) is 6. The van der Waals surface area contributed by atoms with Gasteiger partial charge in [-0.2, -0.15) is 5.26 Å². The predicted octanol–water partition coefficient (Wildman–Crippen LogP) is 1.88. The molecular formula is C18H23N3O3S2. The Morgan fingerprint density at radius 2 is 2.15 bits per heavy atom. The fourth-order valence-corrected chi connectivity index (χ4v) is 6.58. The Morgan fingerprint density at radius 3 is 2.77 bits per heavy atom. The SMILES string of the molecule is Cc1c(C#N)c(S[C@H](C)C(=O)N(C)[C@@H]2CCS(=O)(=O)C2)nc2c1CCC2. The van der Waals surface area contributed by atoms with E-state index >= 15 is 0 Å². The minimum Gasteiger partial charge on any atom is -0.341 e. The van der Waals surface area contributed by atoms with E-state index in [0.29, 0.717) is 17.0 Å². The lowest BCUT2D eigenvalue weighted by atomic mass is 10.0. The minimum atomic E-state index is -3.04. The molecule has 26 heavy (non-hydrogen) atoms. The molecule has 1 amide bonds. The average molecular weight is 394 g/mol. The van der Waals surface area contributed by atoms with Crippen molar-refractivity contribution < 1.29 is 13.2 Å². The number of thioether (sulfide) groups is 1. The smallest absolute Gasteiger partial charge is 0.235 e. The normalized spacial score (nSPS) is 21.8. The van der Waals surface area contributed by atoms with Crippen LogP contribution in [0.4, 0.5) is 0 Å². The maximum absolute atomic E-state index is 12.8. The third kappa shape index (κ3) is 3.60. The molecule has 1 aliphatic carbocycles. The van der Waals surface area contributed by atoms with Gasteiger partial charge in [-0.15, -0.1) is 0 Å². The average Bonchev–Trinajstić information content (AvgIpc) is 3.20. The topological polar surface area (TPSA) is 91.1 Å². The number of sulfone groups is 1. The van der Waals surface area contributed by atoms with E-state index < -0.39 is 15.1 Å². The van der Waals surface area contributed by atoms with E-state index in [9.17, 15) is 18.5 Å². The summed E-state index contributed by atoms with van der Waals surface area (Å²) in [5.41, 5.74) is 3.76. The summed E-state index contributed by atoms with van der Waals surface area (Å²) < 4.78 is 23.3. The van der Waals surface area contributed by atoms with Crippen molar-refractivity contribution >= 4 is 27.5 Å². The molecule has 1 saturated heterocycles. The van der Waals surface area contributed by atoms with Crippen LogP contribution in [0.2, 0.25) is 0 Å². The molecule has 0 unspecified atom stereocenters. The lowest BCUT2D eigenvalue weighted by molar-refractivity contribution is -0.130. The maximum Gasteiger partial charge on any atom is 0.235 e. The number of nitrogens with zero attached hydrogens (tertiary/aromatic N) is 3. The fraction of sp³-hybridized carbons (Fsp3) is 0.611. The van der Waals surface area contributed by atoms with Gasteiger partial charge in [-0.05, 0) is 50.7 Å². The molecule has 6 nitrogen and oxygen atoms in total. The Bertz CT molecular complexity index is 890. The molecule has 1 aromatic heterocycles. The van der Waals surface area contributed by atoms with Crippen LogP contribution in [0.5, 0.6) is 0 Å². The number of carbonyl (C=O) groups excluding carboxylic acids is 1. The second kappa shape index (κ2) is 7.20. The van der Waals surface area contributed by atoms with Crippen LogP contribution in [0, 0.1) is 18.3 Å². The van der Waals surface area contributed by atoms with E-state index in [0.717, 1.165) is 30.5 Å². The maximum atomic E-state index is 12.8. The summed E-state index contributed by atoms with van der Waals surface area (Å²) in [6, 6.07) is 1.98. The lowest BCUT2D eigenvalue weighted by Crippen LogP contribution is -2.41. The zero-order valence-corrected chi connectivity index (χ0v) is 16.9. The van der Waals surface area contributed by atoms with Gasteiger partial charge < -0.3 is 4.90 Å². The van der Waals surface area contributed by atoms with Gasteiger partial charge in [0, 0.05) is 18.8 Å². The van der Waals surface area contributed by atoms with E-state index in [2.05, 4.69) is 11.1 Å². The summed E-state index contributed by atoms with van der Waals surface area (Å²) in [5, 5.41) is 9.74. The van der Waals surface area contributed by atoms with Crippen LogP contribution < -0.4 is 0 Å². The quantitative estimate of drug-likeness (QED) is 0.726. The molecule has 1 aromatic rings. The van der Waals surface area contributed by atoms with Crippen molar-refractivity contribution in [2.45, 2.75) is 55.8 Å². The van der Waals surface area contributed by atoms with Crippen LogP contribution in [0.3, 0.4) is 0 Å². The highest BCUT2D eigenvalue weighted by atomic mass is 32.2. The van der Waals surface area contributed by atoms with Gasteiger partial charge in [0.25, 0.3) is 0 Å². The largest absolute Gasteiger partial charge is 0.341 e. The lowest BCUT2D eigenvalue weighted by Gasteiger charge is -2.26. The molecule has 2 aliphatic rings. The molecule has 8 heteroatoms. The molecule has 140 valence electrons. The third-order valence-electron chi connectivity index (χ3n) is 5.32.